The zero-order valence-corrected chi connectivity index (χ0v) is 16.2. The fraction of sp³-hybridized carbons (Fsp3) is 0.455. The van der Waals surface area contributed by atoms with Crippen LogP contribution in [0, 0.1) is 5.92 Å². The Kier molecular flexibility index (Phi) is 7.36. The minimum absolute atomic E-state index is 0.0913. The van der Waals surface area contributed by atoms with Crippen molar-refractivity contribution in [2.75, 3.05) is 33.2 Å². The highest BCUT2D eigenvalue weighted by molar-refractivity contribution is 5.77. The van der Waals surface area contributed by atoms with Gasteiger partial charge in [-0.3, -0.25) is 19.6 Å². The van der Waals surface area contributed by atoms with Gasteiger partial charge in [0.2, 0.25) is 5.91 Å². The van der Waals surface area contributed by atoms with E-state index >= 15 is 0 Å². The zero-order chi connectivity index (χ0) is 18.9. The van der Waals surface area contributed by atoms with Crippen LogP contribution in [0.15, 0.2) is 54.7 Å². The summed E-state index contributed by atoms with van der Waals surface area (Å²) in [5.74, 6) is 0.626. The lowest BCUT2D eigenvalue weighted by atomic mass is 9.97. The number of rotatable bonds is 8. The van der Waals surface area contributed by atoms with Crippen LogP contribution in [0.25, 0.3) is 0 Å². The second-order valence-corrected chi connectivity index (χ2v) is 7.53. The first-order valence-electron chi connectivity index (χ1n) is 9.80. The number of benzene rings is 1. The zero-order valence-electron chi connectivity index (χ0n) is 16.2. The number of carbonyl (C=O) groups excluding carboxylic acids is 1. The van der Waals surface area contributed by atoms with Gasteiger partial charge in [0.05, 0.1) is 12.2 Å². The number of carbonyl (C=O) groups is 1. The normalized spacial score (nSPS) is 17.8. The molecule has 1 aromatic heterocycles. The molecule has 1 saturated heterocycles. The maximum absolute atomic E-state index is 12.3. The molecule has 1 amide bonds. The Labute approximate surface area is 162 Å². The first-order valence-corrected chi connectivity index (χ1v) is 9.80. The Balaban J connectivity index is 1.38. The number of pyridine rings is 1. The molecule has 0 radical (unpaired) electrons. The number of likely N-dealkylation sites (tertiary alicyclic amines) is 1. The van der Waals surface area contributed by atoms with Gasteiger partial charge in [-0.25, -0.2) is 0 Å². The molecule has 2 heterocycles. The number of likely N-dealkylation sites (N-methyl/N-ethyl adjacent to an activating group) is 1. The Bertz CT molecular complexity index is 692. The van der Waals surface area contributed by atoms with Crippen molar-refractivity contribution in [3.05, 3.63) is 66.0 Å². The quantitative estimate of drug-likeness (QED) is 0.780. The third-order valence-corrected chi connectivity index (χ3v) is 5.01. The van der Waals surface area contributed by atoms with E-state index in [9.17, 15) is 4.79 Å². The number of nitrogens with one attached hydrogen (secondary N) is 1. The number of amides is 1. The van der Waals surface area contributed by atoms with Crippen molar-refractivity contribution < 1.29 is 4.79 Å². The second kappa shape index (κ2) is 10.2. The number of hydrogen-bond donors (Lipinski definition) is 1. The van der Waals surface area contributed by atoms with Gasteiger partial charge >= 0.3 is 0 Å². The SMILES string of the molecule is CN(CC(=O)NC[C@H]1CCCN(Cc2ccccc2)C1)Cc1ccccn1. The Morgan fingerprint density at radius 3 is 2.81 bits per heavy atom. The van der Waals surface area contributed by atoms with Gasteiger partial charge in [0, 0.05) is 32.4 Å². The maximum Gasteiger partial charge on any atom is 0.234 e. The summed E-state index contributed by atoms with van der Waals surface area (Å²) in [5, 5.41) is 3.13. The standard InChI is InChI=1S/C22H30N4O/c1-25(17-21-11-5-6-12-23-21)18-22(27)24-14-20-10-7-13-26(16-20)15-19-8-3-2-4-9-19/h2-6,8-9,11-12,20H,7,10,13-18H2,1H3,(H,24,27)/t20-/m1/s1. The molecule has 0 unspecified atom stereocenters. The molecule has 0 spiro atoms. The molecule has 2 aromatic rings. The molecule has 1 N–H and O–H groups in total. The summed E-state index contributed by atoms with van der Waals surface area (Å²) in [7, 11) is 1.95. The van der Waals surface area contributed by atoms with Crippen molar-refractivity contribution in [1.29, 1.82) is 0 Å². The first kappa shape index (κ1) is 19.5. The topological polar surface area (TPSA) is 48.5 Å². The van der Waals surface area contributed by atoms with Gasteiger partial charge in [-0.1, -0.05) is 36.4 Å². The number of nitrogens with zero attached hydrogens (tertiary/aromatic N) is 3. The summed E-state index contributed by atoms with van der Waals surface area (Å²) in [6.07, 6.45) is 4.18. The van der Waals surface area contributed by atoms with E-state index < -0.39 is 0 Å². The van der Waals surface area contributed by atoms with Crippen LogP contribution in [-0.2, 0) is 17.9 Å². The average molecular weight is 367 g/mol. The third-order valence-electron chi connectivity index (χ3n) is 5.01. The van der Waals surface area contributed by atoms with Crippen LogP contribution in [0.3, 0.4) is 0 Å². The van der Waals surface area contributed by atoms with Crippen molar-refractivity contribution in [3.63, 3.8) is 0 Å². The van der Waals surface area contributed by atoms with E-state index in [4.69, 9.17) is 0 Å². The van der Waals surface area contributed by atoms with Crippen LogP contribution >= 0.6 is 0 Å². The lowest BCUT2D eigenvalue weighted by Crippen LogP contribution is -2.42. The van der Waals surface area contributed by atoms with Crippen LogP contribution in [0.2, 0.25) is 0 Å². The Morgan fingerprint density at radius 1 is 1.22 bits per heavy atom. The lowest BCUT2D eigenvalue weighted by Gasteiger charge is -2.33. The summed E-state index contributed by atoms with van der Waals surface area (Å²) in [6, 6.07) is 16.5. The van der Waals surface area contributed by atoms with Gasteiger partial charge in [0.15, 0.2) is 0 Å². The minimum atomic E-state index is 0.0913. The first-order chi connectivity index (χ1) is 13.2. The van der Waals surface area contributed by atoms with Crippen LogP contribution in [0.4, 0.5) is 0 Å². The predicted molar refractivity (Wildman–Crippen MR) is 108 cm³/mol. The van der Waals surface area contributed by atoms with E-state index in [0.29, 0.717) is 19.0 Å². The smallest absolute Gasteiger partial charge is 0.234 e. The molecule has 0 saturated carbocycles. The van der Waals surface area contributed by atoms with Crippen molar-refractivity contribution in [1.82, 2.24) is 20.1 Å². The lowest BCUT2D eigenvalue weighted by molar-refractivity contribution is -0.122. The maximum atomic E-state index is 12.3. The molecule has 3 rings (SSSR count). The molecule has 0 bridgehead atoms. The highest BCUT2D eigenvalue weighted by Gasteiger charge is 2.20. The molecule has 5 heteroatoms. The van der Waals surface area contributed by atoms with Crippen molar-refractivity contribution >= 4 is 5.91 Å². The Morgan fingerprint density at radius 2 is 2.04 bits per heavy atom. The van der Waals surface area contributed by atoms with E-state index in [1.165, 1.54) is 18.4 Å². The van der Waals surface area contributed by atoms with Gasteiger partial charge in [-0.05, 0) is 50.0 Å². The molecular formula is C22H30N4O. The van der Waals surface area contributed by atoms with Crippen LogP contribution in [0.5, 0.6) is 0 Å². The molecule has 1 aliphatic heterocycles. The predicted octanol–water partition coefficient (Wildman–Crippen LogP) is 2.54. The fourth-order valence-corrected chi connectivity index (χ4v) is 3.69. The van der Waals surface area contributed by atoms with Gasteiger partial charge in [-0.15, -0.1) is 0 Å². The van der Waals surface area contributed by atoms with Gasteiger partial charge in [0.1, 0.15) is 0 Å². The fourth-order valence-electron chi connectivity index (χ4n) is 3.69. The molecule has 0 aliphatic carbocycles. The van der Waals surface area contributed by atoms with Crippen molar-refractivity contribution in [3.8, 4) is 0 Å². The molecule has 1 aliphatic rings. The Hall–Kier alpha value is -2.24. The molecule has 27 heavy (non-hydrogen) atoms. The summed E-state index contributed by atoms with van der Waals surface area (Å²) < 4.78 is 0. The summed E-state index contributed by atoms with van der Waals surface area (Å²) in [6.45, 7) is 5.05. The van der Waals surface area contributed by atoms with Gasteiger partial charge < -0.3 is 5.32 Å². The van der Waals surface area contributed by atoms with E-state index in [1.54, 1.807) is 6.20 Å². The van der Waals surface area contributed by atoms with E-state index in [2.05, 4.69) is 45.5 Å². The van der Waals surface area contributed by atoms with Crippen LogP contribution < -0.4 is 5.32 Å². The van der Waals surface area contributed by atoms with Gasteiger partial charge in [0.25, 0.3) is 0 Å². The average Bonchev–Trinajstić information content (AvgIpc) is 2.68. The molecule has 1 fully saturated rings. The van der Waals surface area contributed by atoms with Gasteiger partial charge in [-0.2, -0.15) is 0 Å². The summed E-state index contributed by atoms with van der Waals surface area (Å²) >= 11 is 0. The minimum Gasteiger partial charge on any atom is -0.355 e. The van der Waals surface area contributed by atoms with Crippen molar-refractivity contribution in [2.24, 2.45) is 5.92 Å². The van der Waals surface area contributed by atoms with Crippen LogP contribution in [-0.4, -0.2) is 53.9 Å². The number of hydrogen-bond acceptors (Lipinski definition) is 4. The van der Waals surface area contributed by atoms with E-state index in [0.717, 1.165) is 31.9 Å². The molecular weight excluding hydrogens is 336 g/mol. The number of aromatic nitrogens is 1. The van der Waals surface area contributed by atoms with Crippen molar-refractivity contribution in [2.45, 2.75) is 25.9 Å². The van der Waals surface area contributed by atoms with E-state index in [-0.39, 0.29) is 5.91 Å². The number of piperidine rings is 1. The monoisotopic (exact) mass is 366 g/mol. The second-order valence-electron chi connectivity index (χ2n) is 7.53. The van der Waals surface area contributed by atoms with Crippen LogP contribution in [0.1, 0.15) is 24.1 Å². The largest absolute Gasteiger partial charge is 0.355 e. The molecule has 1 aromatic carbocycles. The summed E-state index contributed by atoms with van der Waals surface area (Å²) in [4.78, 5) is 21.1. The van der Waals surface area contributed by atoms with E-state index in [1.807, 2.05) is 30.1 Å². The molecule has 5 nitrogen and oxygen atoms in total. The third kappa shape index (κ3) is 6.77. The molecule has 1 atom stereocenters. The highest BCUT2D eigenvalue weighted by Crippen LogP contribution is 2.18. The molecule has 144 valence electrons. The highest BCUT2D eigenvalue weighted by atomic mass is 16.2. The summed E-state index contributed by atoms with van der Waals surface area (Å²) in [5.41, 5.74) is 2.34.